The highest BCUT2D eigenvalue weighted by molar-refractivity contribution is 5.79. The van der Waals surface area contributed by atoms with Crippen LogP contribution in [0.1, 0.15) is 12.5 Å². The first-order valence-corrected chi connectivity index (χ1v) is 4.82. The second-order valence-corrected chi connectivity index (χ2v) is 2.90. The predicted octanol–water partition coefficient (Wildman–Crippen LogP) is 1.52. The lowest BCUT2D eigenvalue weighted by Gasteiger charge is -2.01. The van der Waals surface area contributed by atoms with E-state index in [2.05, 4.69) is 9.99 Å². The summed E-state index contributed by atoms with van der Waals surface area (Å²) in [6, 6.07) is 7.22. The van der Waals surface area contributed by atoms with Crippen LogP contribution in [-0.4, -0.2) is 30.5 Å². The van der Waals surface area contributed by atoms with Crippen molar-refractivity contribution < 1.29 is 19.5 Å². The maximum absolute atomic E-state index is 10.1. The van der Waals surface area contributed by atoms with Gasteiger partial charge in [-0.05, 0) is 36.8 Å². The normalized spacial score (nSPS) is 10.3. The van der Waals surface area contributed by atoms with Gasteiger partial charge in [-0.15, -0.1) is 0 Å². The predicted molar refractivity (Wildman–Crippen MR) is 58.8 cm³/mol. The Labute approximate surface area is 93.3 Å². The molecule has 0 aliphatic carbocycles. The largest absolute Gasteiger partial charge is 0.494 e. The summed E-state index contributed by atoms with van der Waals surface area (Å²) in [6.07, 6.45) is 1.44. The Morgan fingerprint density at radius 1 is 1.44 bits per heavy atom. The Kier molecular flexibility index (Phi) is 4.85. The number of nitrogens with zero attached hydrogens (tertiary/aromatic N) is 1. The van der Waals surface area contributed by atoms with Crippen LogP contribution in [0.25, 0.3) is 0 Å². The van der Waals surface area contributed by atoms with E-state index in [4.69, 9.17) is 9.84 Å². The number of hydrogen-bond acceptors (Lipinski definition) is 4. The monoisotopic (exact) mass is 223 g/mol. The summed E-state index contributed by atoms with van der Waals surface area (Å²) in [7, 11) is 0. The molecule has 1 aromatic rings. The molecule has 0 saturated carbocycles. The third kappa shape index (κ3) is 4.45. The zero-order valence-electron chi connectivity index (χ0n) is 8.92. The fourth-order valence-corrected chi connectivity index (χ4v) is 1.01. The van der Waals surface area contributed by atoms with Crippen LogP contribution in [0.3, 0.4) is 0 Å². The first kappa shape index (κ1) is 12.0. The van der Waals surface area contributed by atoms with E-state index >= 15 is 0 Å². The number of carbonyl (C=O) groups is 1. The van der Waals surface area contributed by atoms with Crippen LogP contribution in [0, 0.1) is 0 Å². The molecule has 86 valence electrons. The van der Waals surface area contributed by atoms with Crippen LogP contribution in [0.2, 0.25) is 0 Å². The van der Waals surface area contributed by atoms with Crippen molar-refractivity contribution in [2.45, 2.75) is 6.92 Å². The molecular formula is C11H13NO4. The van der Waals surface area contributed by atoms with Crippen molar-refractivity contribution in [3.63, 3.8) is 0 Å². The summed E-state index contributed by atoms with van der Waals surface area (Å²) in [5.74, 6) is -0.269. The maximum Gasteiger partial charge on any atom is 0.344 e. The van der Waals surface area contributed by atoms with E-state index in [1.807, 2.05) is 19.1 Å². The van der Waals surface area contributed by atoms with E-state index in [1.165, 1.54) is 6.21 Å². The minimum Gasteiger partial charge on any atom is -0.494 e. The smallest absolute Gasteiger partial charge is 0.344 e. The Balaban J connectivity index is 2.45. The minimum absolute atomic E-state index is 0.437. The van der Waals surface area contributed by atoms with Crippen LogP contribution in [-0.2, 0) is 9.63 Å². The zero-order chi connectivity index (χ0) is 11.8. The molecule has 0 fully saturated rings. The number of rotatable bonds is 6. The van der Waals surface area contributed by atoms with Gasteiger partial charge in [0.05, 0.1) is 12.8 Å². The van der Waals surface area contributed by atoms with Gasteiger partial charge >= 0.3 is 5.97 Å². The summed E-state index contributed by atoms with van der Waals surface area (Å²) in [4.78, 5) is 14.6. The zero-order valence-corrected chi connectivity index (χ0v) is 8.92. The topological polar surface area (TPSA) is 68.1 Å². The highest BCUT2D eigenvalue weighted by atomic mass is 16.6. The Morgan fingerprint density at radius 3 is 2.69 bits per heavy atom. The Bertz CT molecular complexity index is 359. The van der Waals surface area contributed by atoms with Crippen molar-refractivity contribution in [3.05, 3.63) is 29.8 Å². The third-order valence-corrected chi connectivity index (χ3v) is 1.66. The standard InChI is InChI=1S/C11H13NO4/c1-2-15-10-5-3-9(4-6-10)7-12-16-8-11(13)14/h3-7H,2,8H2,1H3,(H,13,14)/b12-7+. The number of hydrogen-bond donors (Lipinski definition) is 1. The summed E-state index contributed by atoms with van der Waals surface area (Å²) in [5, 5.41) is 11.8. The lowest BCUT2D eigenvalue weighted by atomic mass is 10.2. The average molecular weight is 223 g/mol. The van der Waals surface area contributed by atoms with Crippen molar-refractivity contribution in [3.8, 4) is 5.75 Å². The van der Waals surface area contributed by atoms with E-state index in [1.54, 1.807) is 12.1 Å². The molecule has 0 spiro atoms. The highest BCUT2D eigenvalue weighted by Gasteiger charge is 1.94. The molecule has 0 amide bonds. The summed E-state index contributed by atoms with van der Waals surface area (Å²) in [5.41, 5.74) is 0.814. The molecule has 0 heterocycles. The maximum atomic E-state index is 10.1. The van der Waals surface area contributed by atoms with Gasteiger partial charge in [0.15, 0.2) is 0 Å². The van der Waals surface area contributed by atoms with Gasteiger partial charge in [-0.1, -0.05) is 5.16 Å². The van der Waals surface area contributed by atoms with Crippen molar-refractivity contribution in [1.29, 1.82) is 0 Å². The molecule has 16 heavy (non-hydrogen) atoms. The highest BCUT2D eigenvalue weighted by Crippen LogP contribution is 2.10. The molecule has 0 atom stereocenters. The van der Waals surface area contributed by atoms with Gasteiger partial charge in [-0.3, -0.25) is 0 Å². The quantitative estimate of drug-likeness (QED) is 0.586. The van der Waals surface area contributed by atoms with Crippen LogP contribution in [0.5, 0.6) is 5.75 Å². The number of oxime groups is 1. The molecule has 5 heteroatoms. The molecular weight excluding hydrogens is 210 g/mol. The van der Waals surface area contributed by atoms with E-state index in [0.29, 0.717) is 6.61 Å². The molecule has 0 saturated heterocycles. The van der Waals surface area contributed by atoms with Gasteiger partial charge in [0.2, 0.25) is 6.61 Å². The number of carboxylic acids is 1. The number of carboxylic acid groups (broad SMARTS) is 1. The van der Waals surface area contributed by atoms with Crippen LogP contribution in [0.15, 0.2) is 29.4 Å². The summed E-state index contributed by atoms with van der Waals surface area (Å²) < 4.78 is 5.26. The first-order valence-electron chi connectivity index (χ1n) is 4.82. The fourth-order valence-electron chi connectivity index (χ4n) is 1.01. The van der Waals surface area contributed by atoms with Gasteiger partial charge in [-0.25, -0.2) is 4.79 Å². The third-order valence-electron chi connectivity index (χ3n) is 1.66. The van der Waals surface area contributed by atoms with Gasteiger partial charge in [-0.2, -0.15) is 0 Å². The van der Waals surface area contributed by atoms with Crippen LogP contribution >= 0.6 is 0 Å². The van der Waals surface area contributed by atoms with E-state index in [0.717, 1.165) is 11.3 Å². The first-order chi connectivity index (χ1) is 7.72. The van der Waals surface area contributed by atoms with E-state index < -0.39 is 12.6 Å². The summed E-state index contributed by atoms with van der Waals surface area (Å²) >= 11 is 0. The van der Waals surface area contributed by atoms with Gasteiger partial charge in [0.1, 0.15) is 5.75 Å². The van der Waals surface area contributed by atoms with Gasteiger partial charge < -0.3 is 14.7 Å². The van der Waals surface area contributed by atoms with Crippen molar-refractivity contribution in [2.75, 3.05) is 13.2 Å². The number of ether oxygens (including phenoxy) is 1. The molecule has 5 nitrogen and oxygen atoms in total. The minimum atomic E-state index is -1.05. The van der Waals surface area contributed by atoms with Gasteiger partial charge in [0, 0.05) is 0 Å². The molecule has 0 bridgehead atoms. The van der Waals surface area contributed by atoms with Crippen LogP contribution in [0.4, 0.5) is 0 Å². The Morgan fingerprint density at radius 2 is 2.12 bits per heavy atom. The van der Waals surface area contributed by atoms with Crippen LogP contribution < -0.4 is 4.74 Å². The van der Waals surface area contributed by atoms with Crippen molar-refractivity contribution in [1.82, 2.24) is 0 Å². The lowest BCUT2D eigenvalue weighted by molar-refractivity contribution is -0.142. The molecule has 0 aliphatic rings. The molecule has 0 unspecified atom stereocenters. The second-order valence-electron chi connectivity index (χ2n) is 2.90. The molecule has 1 N–H and O–H groups in total. The van der Waals surface area contributed by atoms with Crippen molar-refractivity contribution >= 4 is 12.2 Å². The summed E-state index contributed by atoms with van der Waals surface area (Å²) in [6.45, 7) is 2.10. The molecule has 1 rings (SSSR count). The molecule has 0 aromatic heterocycles. The average Bonchev–Trinajstić information content (AvgIpc) is 2.27. The fraction of sp³-hybridized carbons (Fsp3) is 0.273. The van der Waals surface area contributed by atoms with E-state index in [-0.39, 0.29) is 0 Å². The molecule has 0 aliphatic heterocycles. The molecule has 1 aromatic carbocycles. The molecule has 0 radical (unpaired) electrons. The second kappa shape index (κ2) is 6.44. The SMILES string of the molecule is CCOc1ccc(/C=N/OCC(=O)O)cc1. The number of benzene rings is 1. The lowest BCUT2D eigenvalue weighted by Crippen LogP contribution is -2.03. The van der Waals surface area contributed by atoms with E-state index in [9.17, 15) is 4.79 Å². The number of aliphatic carboxylic acids is 1. The van der Waals surface area contributed by atoms with Gasteiger partial charge in [0.25, 0.3) is 0 Å². The Hall–Kier alpha value is -2.04. The van der Waals surface area contributed by atoms with Crippen molar-refractivity contribution in [2.24, 2.45) is 5.16 Å².